The Morgan fingerprint density at radius 3 is 2.73 bits per heavy atom. The lowest BCUT2D eigenvalue weighted by Gasteiger charge is -2.16. The topological polar surface area (TPSA) is 105 Å². The molecule has 0 spiro atoms. The summed E-state index contributed by atoms with van der Waals surface area (Å²) in [7, 11) is 1.63. The minimum absolute atomic E-state index is 0.0632. The molecule has 0 aliphatic carbocycles. The van der Waals surface area contributed by atoms with Crippen LogP contribution in [0.4, 0.5) is 5.69 Å². The van der Waals surface area contributed by atoms with Crippen LogP contribution in [0.25, 0.3) is 0 Å². The van der Waals surface area contributed by atoms with Gasteiger partial charge in [0.2, 0.25) is 5.91 Å². The number of hydrogen-bond donors (Lipinski definition) is 3. The summed E-state index contributed by atoms with van der Waals surface area (Å²) in [4.78, 5) is 33.4. The van der Waals surface area contributed by atoms with Gasteiger partial charge in [0.15, 0.2) is 5.96 Å². The number of rotatable bonds is 8. The molecule has 0 radical (unpaired) electrons. The van der Waals surface area contributed by atoms with Crippen molar-refractivity contribution in [3.8, 4) is 0 Å². The number of carbonyl (C=O) groups excluding carboxylic acids is 2. The standard InChI is InChI=1S/C21H29N5O3S/c1-6-15-9-8-10-16(11-15)26-17(27)12-23-21(22-5)25-14(4)19-24-13(3)18(30-19)20(28)29-7-2/h8-11,14H,6-7,12H2,1-5H3,(H,26,27)(H2,22,23,25). The first kappa shape index (κ1) is 23.3. The second-order valence-corrected chi connectivity index (χ2v) is 7.61. The molecule has 9 heteroatoms. The predicted molar refractivity (Wildman–Crippen MR) is 120 cm³/mol. The number of nitrogens with one attached hydrogen (secondary N) is 3. The summed E-state index contributed by atoms with van der Waals surface area (Å²) in [5.41, 5.74) is 2.56. The molecule has 1 aromatic carbocycles. The molecule has 2 rings (SSSR count). The fourth-order valence-electron chi connectivity index (χ4n) is 2.69. The molecule has 0 saturated heterocycles. The molecule has 30 heavy (non-hydrogen) atoms. The van der Waals surface area contributed by atoms with Crippen molar-refractivity contribution in [3.63, 3.8) is 0 Å². The van der Waals surface area contributed by atoms with Crippen LogP contribution in [0, 0.1) is 6.92 Å². The number of benzene rings is 1. The van der Waals surface area contributed by atoms with Crippen molar-refractivity contribution >= 4 is 34.9 Å². The third kappa shape index (κ3) is 6.55. The third-order valence-electron chi connectivity index (χ3n) is 4.26. The van der Waals surface area contributed by atoms with Crippen LogP contribution in [0.2, 0.25) is 0 Å². The SMILES string of the molecule is CCOC(=O)c1sc(C(C)NC(=NC)NCC(=O)Nc2cccc(CC)c2)nc1C. The molecule has 1 amide bonds. The summed E-state index contributed by atoms with van der Waals surface area (Å²) >= 11 is 1.29. The second-order valence-electron chi connectivity index (χ2n) is 6.58. The average molecular weight is 432 g/mol. The number of nitrogens with zero attached hydrogens (tertiary/aromatic N) is 2. The molecule has 0 bridgehead atoms. The molecule has 0 aliphatic heterocycles. The number of aryl methyl sites for hydroxylation is 2. The summed E-state index contributed by atoms with van der Waals surface area (Å²) in [5.74, 6) is -0.0729. The number of ether oxygens (including phenoxy) is 1. The van der Waals surface area contributed by atoms with Crippen molar-refractivity contribution in [1.82, 2.24) is 15.6 Å². The van der Waals surface area contributed by atoms with E-state index in [-0.39, 0.29) is 24.5 Å². The molecule has 1 atom stereocenters. The highest BCUT2D eigenvalue weighted by atomic mass is 32.1. The van der Waals surface area contributed by atoms with Crippen molar-refractivity contribution in [2.45, 2.75) is 40.2 Å². The number of hydrogen-bond acceptors (Lipinski definition) is 6. The maximum Gasteiger partial charge on any atom is 0.350 e. The van der Waals surface area contributed by atoms with E-state index in [0.29, 0.717) is 23.1 Å². The van der Waals surface area contributed by atoms with Crippen molar-refractivity contribution in [3.05, 3.63) is 45.4 Å². The van der Waals surface area contributed by atoms with Gasteiger partial charge in [-0.05, 0) is 44.9 Å². The van der Waals surface area contributed by atoms with Crippen LogP contribution in [-0.2, 0) is 16.0 Å². The van der Waals surface area contributed by atoms with E-state index in [9.17, 15) is 9.59 Å². The first-order valence-electron chi connectivity index (χ1n) is 9.88. The first-order chi connectivity index (χ1) is 14.4. The summed E-state index contributed by atoms with van der Waals surface area (Å²) in [5, 5.41) is 9.79. The minimum atomic E-state index is -0.364. The number of anilines is 1. The highest BCUT2D eigenvalue weighted by Gasteiger charge is 2.20. The van der Waals surface area contributed by atoms with Gasteiger partial charge in [-0.3, -0.25) is 9.79 Å². The first-order valence-corrected chi connectivity index (χ1v) is 10.7. The highest BCUT2D eigenvalue weighted by molar-refractivity contribution is 7.13. The Hall–Kier alpha value is -2.94. The minimum Gasteiger partial charge on any atom is -0.462 e. The van der Waals surface area contributed by atoms with Crippen LogP contribution in [-0.4, -0.2) is 43.0 Å². The Labute approximate surface area is 181 Å². The van der Waals surface area contributed by atoms with Gasteiger partial charge < -0.3 is 20.7 Å². The van der Waals surface area contributed by atoms with E-state index < -0.39 is 0 Å². The molecule has 0 saturated carbocycles. The fraction of sp³-hybridized carbons (Fsp3) is 0.429. The number of aliphatic imine (C=N–C) groups is 1. The van der Waals surface area contributed by atoms with Gasteiger partial charge in [-0.25, -0.2) is 9.78 Å². The Morgan fingerprint density at radius 2 is 2.07 bits per heavy atom. The molecular weight excluding hydrogens is 402 g/mol. The molecule has 162 valence electrons. The van der Waals surface area contributed by atoms with E-state index in [4.69, 9.17) is 4.74 Å². The fourth-order valence-corrected chi connectivity index (χ4v) is 3.65. The Bertz CT molecular complexity index is 910. The molecule has 2 aromatic rings. The van der Waals surface area contributed by atoms with Gasteiger partial charge in [-0.2, -0.15) is 0 Å². The monoisotopic (exact) mass is 431 g/mol. The van der Waals surface area contributed by atoms with Crippen molar-refractivity contribution in [1.29, 1.82) is 0 Å². The molecule has 1 unspecified atom stereocenters. The van der Waals surface area contributed by atoms with Crippen molar-refractivity contribution in [2.75, 3.05) is 25.5 Å². The van der Waals surface area contributed by atoms with Gasteiger partial charge in [-0.15, -0.1) is 11.3 Å². The van der Waals surface area contributed by atoms with Gasteiger partial charge in [0.05, 0.1) is 24.9 Å². The third-order valence-corrected chi connectivity index (χ3v) is 5.58. The van der Waals surface area contributed by atoms with E-state index in [1.54, 1.807) is 20.9 Å². The largest absolute Gasteiger partial charge is 0.462 e. The lowest BCUT2D eigenvalue weighted by molar-refractivity contribution is -0.115. The summed E-state index contributed by atoms with van der Waals surface area (Å²) < 4.78 is 5.06. The maximum absolute atomic E-state index is 12.3. The van der Waals surface area contributed by atoms with E-state index in [1.165, 1.54) is 11.3 Å². The molecule has 1 aromatic heterocycles. The van der Waals surface area contributed by atoms with Crippen LogP contribution in [0.1, 0.15) is 52.7 Å². The normalized spacial score (nSPS) is 12.2. The smallest absolute Gasteiger partial charge is 0.350 e. The molecule has 0 aliphatic rings. The highest BCUT2D eigenvalue weighted by Crippen LogP contribution is 2.24. The second kappa shape index (κ2) is 11.3. The van der Waals surface area contributed by atoms with Crippen LogP contribution < -0.4 is 16.0 Å². The molecular formula is C21H29N5O3S. The molecule has 8 nitrogen and oxygen atoms in total. The zero-order valence-corrected chi connectivity index (χ0v) is 18.9. The van der Waals surface area contributed by atoms with E-state index in [0.717, 1.165) is 22.7 Å². The van der Waals surface area contributed by atoms with Gasteiger partial charge in [0, 0.05) is 12.7 Å². The molecule has 0 fully saturated rings. The van der Waals surface area contributed by atoms with E-state index in [1.807, 2.05) is 31.2 Å². The number of amides is 1. The van der Waals surface area contributed by atoms with E-state index >= 15 is 0 Å². The number of thiazole rings is 1. The lowest BCUT2D eigenvalue weighted by Crippen LogP contribution is -2.42. The number of esters is 1. The predicted octanol–water partition coefficient (Wildman–Crippen LogP) is 3.06. The Kier molecular flexibility index (Phi) is 8.79. The van der Waals surface area contributed by atoms with Gasteiger partial charge in [0.25, 0.3) is 0 Å². The Balaban J connectivity index is 1.91. The Morgan fingerprint density at radius 1 is 1.30 bits per heavy atom. The van der Waals surface area contributed by atoms with Crippen LogP contribution in [0.15, 0.2) is 29.3 Å². The molecule has 1 heterocycles. The zero-order chi connectivity index (χ0) is 22.1. The number of carbonyl (C=O) groups is 2. The molecule has 3 N–H and O–H groups in total. The van der Waals surface area contributed by atoms with Crippen LogP contribution >= 0.6 is 11.3 Å². The summed E-state index contributed by atoms with van der Waals surface area (Å²) in [6, 6.07) is 7.56. The summed E-state index contributed by atoms with van der Waals surface area (Å²) in [6.07, 6.45) is 0.907. The number of aromatic nitrogens is 1. The quantitative estimate of drug-likeness (QED) is 0.337. The summed E-state index contributed by atoms with van der Waals surface area (Å²) in [6.45, 7) is 7.92. The van der Waals surface area contributed by atoms with Crippen LogP contribution in [0.5, 0.6) is 0 Å². The van der Waals surface area contributed by atoms with Crippen molar-refractivity contribution in [2.24, 2.45) is 4.99 Å². The lowest BCUT2D eigenvalue weighted by atomic mass is 10.1. The van der Waals surface area contributed by atoms with Crippen molar-refractivity contribution < 1.29 is 14.3 Å². The number of guanidine groups is 1. The average Bonchev–Trinajstić information content (AvgIpc) is 3.13. The van der Waals surface area contributed by atoms with Gasteiger partial charge in [0.1, 0.15) is 9.88 Å². The van der Waals surface area contributed by atoms with E-state index in [2.05, 4.69) is 32.9 Å². The van der Waals surface area contributed by atoms with Gasteiger partial charge in [-0.1, -0.05) is 19.1 Å². The maximum atomic E-state index is 12.3. The van der Waals surface area contributed by atoms with Crippen LogP contribution in [0.3, 0.4) is 0 Å². The zero-order valence-electron chi connectivity index (χ0n) is 18.0. The van der Waals surface area contributed by atoms with Gasteiger partial charge >= 0.3 is 5.97 Å².